The first-order chi connectivity index (χ1) is 8.91. The Morgan fingerprint density at radius 3 is 2.75 bits per heavy atom. The van der Waals surface area contributed by atoms with Gasteiger partial charge in [0.1, 0.15) is 18.4 Å². The Morgan fingerprint density at radius 2 is 2.20 bits per heavy atom. The Hall–Kier alpha value is -1.01. The van der Waals surface area contributed by atoms with Gasteiger partial charge in [-0.25, -0.2) is 0 Å². The molecule has 5 nitrogen and oxygen atoms in total. The molecule has 20 heavy (non-hydrogen) atoms. The highest BCUT2D eigenvalue weighted by molar-refractivity contribution is 6.30. The average molecular weight is 323 g/mol. The van der Waals surface area contributed by atoms with Crippen LogP contribution in [0.4, 0.5) is 0 Å². The molecule has 0 heterocycles. The van der Waals surface area contributed by atoms with Crippen LogP contribution in [-0.4, -0.2) is 48.3 Å². The molecule has 1 aromatic carbocycles. The van der Waals surface area contributed by atoms with Gasteiger partial charge in [-0.3, -0.25) is 4.79 Å². The number of hydrogen-bond acceptors (Lipinski definition) is 4. The molecule has 0 aliphatic rings. The maximum atomic E-state index is 11.7. The third-order valence-corrected chi connectivity index (χ3v) is 2.91. The highest BCUT2D eigenvalue weighted by Gasteiger charge is 2.22. The summed E-state index contributed by atoms with van der Waals surface area (Å²) in [5.74, 6) is 0.331. The molecule has 0 radical (unpaired) electrons. The van der Waals surface area contributed by atoms with Gasteiger partial charge in [0.15, 0.2) is 0 Å². The van der Waals surface area contributed by atoms with Crippen molar-refractivity contribution in [3.63, 3.8) is 0 Å². The number of rotatable bonds is 6. The first kappa shape index (κ1) is 19.0. The van der Waals surface area contributed by atoms with Crippen LogP contribution in [0.25, 0.3) is 0 Å². The standard InChI is InChI=1S/C13H19ClN2O3.ClH/c1-9(17)12(15)13(18)16(2)6-7-19-11-5-3-4-10(14)8-11;/h3-5,8-9,12,17H,6-7,15H2,1-2H3;1H/t9-,12+;/m1./s1. The maximum Gasteiger partial charge on any atom is 0.242 e. The quantitative estimate of drug-likeness (QED) is 0.828. The number of likely N-dealkylation sites (N-methyl/N-ethyl adjacent to an activating group) is 1. The predicted octanol–water partition coefficient (Wildman–Crippen LogP) is 1.31. The normalized spacial score (nSPS) is 13.1. The summed E-state index contributed by atoms with van der Waals surface area (Å²) in [6.45, 7) is 2.19. The van der Waals surface area contributed by atoms with E-state index in [1.807, 2.05) is 0 Å². The number of hydrogen-bond donors (Lipinski definition) is 2. The third kappa shape index (κ3) is 5.96. The number of benzene rings is 1. The molecule has 0 saturated heterocycles. The van der Waals surface area contributed by atoms with Crippen molar-refractivity contribution < 1.29 is 14.6 Å². The van der Waals surface area contributed by atoms with Crippen LogP contribution in [0.3, 0.4) is 0 Å². The molecule has 1 rings (SSSR count). The summed E-state index contributed by atoms with van der Waals surface area (Å²) < 4.78 is 5.47. The summed E-state index contributed by atoms with van der Waals surface area (Å²) >= 11 is 5.82. The lowest BCUT2D eigenvalue weighted by molar-refractivity contribution is -0.133. The van der Waals surface area contributed by atoms with E-state index in [2.05, 4.69) is 0 Å². The van der Waals surface area contributed by atoms with Crippen molar-refractivity contribution in [2.75, 3.05) is 20.2 Å². The Labute approximate surface area is 130 Å². The smallest absolute Gasteiger partial charge is 0.242 e. The molecule has 0 unspecified atom stereocenters. The summed E-state index contributed by atoms with van der Waals surface area (Å²) in [4.78, 5) is 13.2. The van der Waals surface area contributed by atoms with E-state index >= 15 is 0 Å². The number of carbonyl (C=O) groups excluding carboxylic acids is 1. The number of amides is 1. The van der Waals surface area contributed by atoms with Gasteiger partial charge in [-0.2, -0.15) is 0 Å². The fraction of sp³-hybridized carbons (Fsp3) is 0.462. The first-order valence-electron chi connectivity index (χ1n) is 5.99. The van der Waals surface area contributed by atoms with E-state index in [9.17, 15) is 9.90 Å². The molecule has 0 spiro atoms. The number of nitrogens with two attached hydrogens (primary N) is 1. The predicted molar refractivity (Wildman–Crippen MR) is 81.5 cm³/mol. The van der Waals surface area contributed by atoms with E-state index in [1.165, 1.54) is 11.8 Å². The van der Waals surface area contributed by atoms with E-state index in [4.69, 9.17) is 22.1 Å². The van der Waals surface area contributed by atoms with Crippen LogP contribution in [-0.2, 0) is 4.79 Å². The summed E-state index contributed by atoms with van der Waals surface area (Å²) in [5, 5.41) is 9.85. The topological polar surface area (TPSA) is 75.8 Å². The van der Waals surface area contributed by atoms with Crippen molar-refractivity contribution in [3.05, 3.63) is 29.3 Å². The molecule has 2 atom stereocenters. The van der Waals surface area contributed by atoms with E-state index < -0.39 is 12.1 Å². The second-order valence-electron chi connectivity index (χ2n) is 4.33. The van der Waals surface area contributed by atoms with Gasteiger partial charge < -0.3 is 20.5 Å². The van der Waals surface area contributed by atoms with Crippen molar-refractivity contribution in [1.29, 1.82) is 0 Å². The monoisotopic (exact) mass is 322 g/mol. The Bertz CT molecular complexity index is 430. The number of aliphatic hydroxyl groups excluding tert-OH is 1. The number of halogens is 2. The third-order valence-electron chi connectivity index (χ3n) is 2.67. The van der Waals surface area contributed by atoms with Gasteiger partial charge in [-0.05, 0) is 25.1 Å². The van der Waals surface area contributed by atoms with Gasteiger partial charge >= 0.3 is 0 Å². The van der Waals surface area contributed by atoms with Gasteiger partial charge in [0.05, 0.1) is 12.6 Å². The van der Waals surface area contributed by atoms with Crippen molar-refractivity contribution in [3.8, 4) is 5.75 Å². The molecule has 3 N–H and O–H groups in total. The molecule has 0 fully saturated rings. The summed E-state index contributed by atoms with van der Waals surface area (Å²) in [5.41, 5.74) is 5.56. The molecule has 0 aromatic heterocycles. The van der Waals surface area contributed by atoms with Crippen LogP contribution >= 0.6 is 24.0 Å². The first-order valence-corrected chi connectivity index (χ1v) is 6.36. The minimum atomic E-state index is -0.906. The fourth-order valence-corrected chi connectivity index (χ4v) is 1.61. The van der Waals surface area contributed by atoms with Gasteiger partial charge in [0, 0.05) is 12.1 Å². The zero-order chi connectivity index (χ0) is 14.4. The lowest BCUT2D eigenvalue weighted by atomic mass is 10.2. The highest BCUT2D eigenvalue weighted by Crippen LogP contribution is 2.16. The number of carbonyl (C=O) groups is 1. The van der Waals surface area contributed by atoms with Crippen LogP contribution < -0.4 is 10.5 Å². The van der Waals surface area contributed by atoms with Gasteiger partial charge in [-0.15, -0.1) is 12.4 Å². The molecule has 1 aromatic rings. The van der Waals surface area contributed by atoms with Crippen molar-refractivity contribution >= 4 is 29.9 Å². The number of ether oxygens (including phenoxy) is 1. The van der Waals surface area contributed by atoms with Crippen molar-refractivity contribution in [2.45, 2.75) is 19.1 Å². The van der Waals surface area contributed by atoms with E-state index in [0.29, 0.717) is 23.9 Å². The highest BCUT2D eigenvalue weighted by atomic mass is 35.5. The molecule has 0 aliphatic heterocycles. The van der Waals surface area contributed by atoms with Gasteiger partial charge in [0.25, 0.3) is 0 Å². The second kappa shape index (κ2) is 9.02. The maximum absolute atomic E-state index is 11.7. The molecular weight excluding hydrogens is 303 g/mol. The largest absolute Gasteiger partial charge is 0.492 e. The zero-order valence-corrected chi connectivity index (χ0v) is 13.0. The van der Waals surface area contributed by atoms with Crippen LogP contribution in [0, 0.1) is 0 Å². The van der Waals surface area contributed by atoms with Crippen molar-refractivity contribution in [1.82, 2.24) is 4.90 Å². The summed E-state index contributed by atoms with van der Waals surface area (Å²) in [6.07, 6.45) is -0.871. The van der Waals surface area contributed by atoms with E-state index in [-0.39, 0.29) is 18.3 Å². The van der Waals surface area contributed by atoms with E-state index in [1.54, 1.807) is 31.3 Å². The molecule has 7 heteroatoms. The molecule has 0 saturated carbocycles. The van der Waals surface area contributed by atoms with E-state index in [0.717, 1.165) is 0 Å². The van der Waals surface area contributed by atoms with Crippen LogP contribution in [0.1, 0.15) is 6.92 Å². The zero-order valence-electron chi connectivity index (χ0n) is 11.5. The average Bonchev–Trinajstić information content (AvgIpc) is 2.36. The summed E-state index contributed by atoms with van der Waals surface area (Å²) in [6, 6.07) is 6.12. The molecule has 1 amide bonds. The number of nitrogens with zero attached hydrogens (tertiary/aromatic N) is 1. The minimum absolute atomic E-state index is 0. The lowest BCUT2D eigenvalue weighted by Gasteiger charge is -2.22. The second-order valence-corrected chi connectivity index (χ2v) is 4.77. The molecular formula is C13H20Cl2N2O3. The molecule has 0 aliphatic carbocycles. The lowest BCUT2D eigenvalue weighted by Crippen LogP contribution is -2.48. The Kier molecular flexibility index (Phi) is 8.57. The van der Waals surface area contributed by atoms with Crippen LogP contribution in [0.15, 0.2) is 24.3 Å². The summed E-state index contributed by atoms with van der Waals surface area (Å²) in [7, 11) is 1.62. The van der Waals surface area contributed by atoms with Crippen LogP contribution in [0.5, 0.6) is 5.75 Å². The Morgan fingerprint density at radius 1 is 1.55 bits per heavy atom. The van der Waals surface area contributed by atoms with Gasteiger partial charge in [0.2, 0.25) is 5.91 Å². The van der Waals surface area contributed by atoms with Crippen molar-refractivity contribution in [2.24, 2.45) is 5.73 Å². The molecule has 114 valence electrons. The number of aliphatic hydroxyl groups is 1. The Balaban J connectivity index is 0.00000361. The SMILES string of the molecule is C[C@@H](O)[C@H](N)C(=O)N(C)CCOc1cccc(Cl)c1.Cl. The molecule has 0 bridgehead atoms. The van der Waals surface area contributed by atoms with Gasteiger partial charge in [-0.1, -0.05) is 17.7 Å². The van der Waals surface area contributed by atoms with Crippen LogP contribution in [0.2, 0.25) is 5.02 Å². The fourth-order valence-electron chi connectivity index (χ4n) is 1.43. The minimum Gasteiger partial charge on any atom is -0.492 e.